The first kappa shape index (κ1) is 14.5. The number of amides is 1. The van der Waals surface area contributed by atoms with E-state index in [1.165, 1.54) is 12.1 Å². The molecule has 1 saturated heterocycles. The van der Waals surface area contributed by atoms with Gasteiger partial charge >= 0.3 is 0 Å². The van der Waals surface area contributed by atoms with Crippen LogP contribution in [0.2, 0.25) is 0 Å². The van der Waals surface area contributed by atoms with E-state index in [1.54, 1.807) is 35.4 Å². The Kier molecular flexibility index (Phi) is 4.02. The number of benzene rings is 1. The van der Waals surface area contributed by atoms with Crippen molar-refractivity contribution >= 4 is 11.6 Å². The first-order chi connectivity index (χ1) is 10.6. The highest BCUT2D eigenvalue weighted by Gasteiger charge is 2.28. The van der Waals surface area contributed by atoms with Crippen molar-refractivity contribution in [3.8, 4) is 5.88 Å². The van der Waals surface area contributed by atoms with Crippen molar-refractivity contribution in [2.24, 2.45) is 5.73 Å². The molecule has 1 amide bonds. The van der Waals surface area contributed by atoms with Crippen LogP contribution in [0.1, 0.15) is 12.0 Å². The van der Waals surface area contributed by atoms with Gasteiger partial charge in [0, 0.05) is 25.1 Å². The van der Waals surface area contributed by atoms with E-state index in [0.717, 1.165) is 5.56 Å². The Bertz CT molecular complexity index is 658. The number of ether oxygens (including phenoxy) is 1. The van der Waals surface area contributed by atoms with Crippen LogP contribution < -0.4 is 15.4 Å². The highest BCUT2D eigenvalue weighted by Crippen LogP contribution is 2.22. The normalized spacial score (nSPS) is 17.8. The minimum Gasteiger partial charge on any atom is -0.473 e. The fourth-order valence-electron chi connectivity index (χ4n) is 2.34. The minimum absolute atomic E-state index is 0.00859. The number of carbonyl (C=O) groups is 1. The van der Waals surface area contributed by atoms with E-state index in [1.807, 2.05) is 0 Å². The Morgan fingerprint density at radius 2 is 2.05 bits per heavy atom. The van der Waals surface area contributed by atoms with Gasteiger partial charge in [0.05, 0.1) is 11.9 Å². The van der Waals surface area contributed by atoms with Gasteiger partial charge in [0.1, 0.15) is 12.4 Å². The minimum atomic E-state index is -0.278. The lowest BCUT2D eigenvalue weighted by Gasteiger charge is -2.15. The van der Waals surface area contributed by atoms with E-state index in [4.69, 9.17) is 10.5 Å². The van der Waals surface area contributed by atoms with Crippen molar-refractivity contribution in [2.45, 2.75) is 19.1 Å². The summed E-state index contributed by atoms with van der Waals surface area (Å²) in [5.74, 6) is 0.179. The van der Waals surface area contributed by atoms with Gasteiger partial charge in [-0.1, -0.05) is 12.1 Å². The van der Waals surface area contributed by atoms with Crippen LogP contribution in [0.4, 0.5) is 10.1 Å². The van der Waals surface area contributed by atoms with Gasteiger partial charge in [-0.25, -0.2) is 9.37 Å². The molecule has 0 bridgehead atoms. The number of anilines is 1. The van der Waals surface area contributed by atoms with E-state index < -0.39 is 0 Å². The maximum Gasteiger partial charge on any atom is 0.228 e. The lowest BCUT2D eigenvalue weighted by Crippen LogP contribution is -2.27. The van der Waals surface area contributed by atoms with Gasteiger partial charge in [0.2, 0.25) is 11.8 Å². The average Bonchev–Trinajstić information content (AvgIpc) is 2.86. The molecule has 22 heavy (non-hydrogen) atoms. The molecule has 1 fully saturated rings. The van der Waals surface area contributed by atoms with Gasteiger partial charge in [-0.3, -0.25) is 4.79 Å². The number of carbonyl (C=O) groups excluding carboxylic acids is 1. The number of nitrogens with zero attached hydrogens (tertiary/aromatic N) is 2. The van der Waals surface area contributed by atoms with Crippen molar-refractivity contribution in [1.82, 2.24) is 4.98 Å². The van der Waals surface area contributed by atoms with Crippen LogP contribution in [0.25, 0.3) is 0 Å². The SMILES string of the molecule is N[C@H]1CC(=O)N(c2ccc(OCc3ccc(F)cc3)nc2)C1. The Morgan fingerprint density at radius 1 is 1.27 bits per heavy atom. The maximum atomic E-state index is 12.8. The number of rotatable bonds is 4. The molecule has 0 aliphatic carbocycles. The summed E-state index contributed by atoms with van der Waals surface area (Å²) in [6, 6.07) is 9.46. The monoisotopic (exact) mass is 301 g/mol. The predicted octanol–water partition coefficient (Wildman–Crippen LogP) is 1.86. The molecule has 0 unspecified atom stereocenters. The molecule has 0 saturated carbocycles. The van der Waals surface area contributed by atoms with Gasteiger partial charge in [0.25, 0.3) is 0 Å². The predicted molar refractivity (Wildman–Crippen MR) is 79.9 cm³/mol. The number of nitrogens with two attached hydrogens (primary N) is 1. The van der Waals surface area contributed by atoms with Crippen LogP contribution >= 0.6 is 0 Å². The standard InChI is InChI=1S/C16H16FN3O2/c17-12-3-1-11(2-4-12)10-22-15-6-5-14(8-19-15)20-9-13(18)7-16(20)21/h1-6,8,13H,7,9-10,18H2/t13-/m0/s1. The Hall–Kier alpha value is -2.47. The number of halogens is 1. The van der Waals surface area contributed by atoms with Crippen LogP contribution in [-0.4, -0.2) is 23.5 Å². The second-order valence-electron chi connectivity index (χ2n) is 5.24. The largest absolute Gasteiger partial charge is 0.473 e. The summed E-state index contributed by atoms with van der Waals surface area (Å²) in [5, 5.41) is 0. The molecular weight excluding hydrogens is 285 g/mol. The molecule has 1 aliphatic heterocycles. The molecule has 114 valence electrons. The Labute approximate surface area is 127 Å². The summed E-state index contributed by atoms with van der Waals surface area (Å²) in [6.45, 7) is 0.816. The molecule has 1 aromatic heterocycles. The van der Waals surface area contributed by atoms with E-state index in [2.05, 4.69) is 4.98 Å². The van der Waals surface area contributed by atoms with Crippen molar-refractivity contribution in [1.29, 1.82) is 0 Å². The van der Waals surface area contributed by atoms with Gasteiger partial charge in [-0.15, -0.1) is 0 Å². The fraction of sp³-hybridized carbons (Fsp3) is 0.250. The van der Waals surface area contributed by atoms with E-state index in [9.17, 15) is 9.18 Å². The zero-order valence-corrected chi connectivity index (χ0v) is 11.9. The summed E-state index contributed by atoms with van der Waals surface area (Å²) in [6.07, 6.45) is 1.96. The highest BCUT2D eigenvalue weighted by atomic mass is 19.1. The van der Waals surface area contributed by atoms with Crippen molar-refractivity contribution in [2.75, 3.05) is 11.4 Å². The zero-order chi connectivity index (χ0) is 15.5. The number of hydrogen-bond donors (Lipinski definition) is 1. The molecule has 2 heterocycles. The summed E-state index contributed by atoms with van der Waals surface area (Å²) in [7, 11) is 0. The number of aromatic nitrogens is 1. The van der Waals surface area contributed by atoms with E-state index in [-0.39, 0.29) is 17.8 Å². The van der Waals surface area contributed by atoms with Crippen molar-refractivity contribution in [3.63, 3.8) is 0 Å². The highest BCUT2D eigenvalue weighted by molar-refractivity contribution is 5.96. The quantitative estimate of drug-likeness (QED) is 0.936. The molecule has 1 aliphatic rings. The molecule has 2 N–H and O–H groups in total. The third-order valence-corrected chi connectivity index (χ3v) is 3.49. The number of hydrogen-bond acceptors (Lipinski definition) is 4. The Morgan fingerprint density at radius 3 is 2.64 bits per heavy atom. The van der Waals surface area contributed by atoms with Gasteiger partial charge in [-0.05, 0) is 23.8 Å². The topological polar surface area (TPSA) is 68.5 Å². The second kappa shape index (κ2) is 6.11. The van der Waals surface area contributed by atoms with Crippen LogP contribution in [0.5, 0.6) is 5.88 Å². The second-order valence-corrected chi connectivity index (χ2v) is 5.24. The fourth-order valence-corrected chi connectivity index (χ4v) is 2.34. The van der Waals surface area contributed by atoms with Crippen LogP contribution in [-0.2, 0) is 11.4 Å². The van der Waals surface area contributed by atoms with Gasteiger partial charge < -0.3 is 15.4 Å². The molecule has 0 spiro atoms. The molecule has 3 rings (SSSR count). The maximum absolute atomic E-state index is 12.8. The third kappa shape index (κ3) is 3.23. The summed E-state index contributed by atoms with van der Waals surface area (Å²) in [4.78, 5) is 17.6. The molecule has 5 nitrogen and oxygen atoms in total. The summed E-state index contributed by atoms with van der Waals surface area (Å²) >= 11 is 0. The van der Waals surface area contributed by atoms with Crippen LogP contribution in [0, 0.1) is 5.82 Å². The molecule has 1 atom stereocenters. The zero-order valence-electron chi connectivity index (χ0n) is 11.9. The first-order valence-corrected chi connectivity index (χ1v) is 7.01. The molecule has 0 radical (unpaired) electrons. The summed E-state index contributed by atoms with van der Waals surface area (Å²) in [5.41, 5.74) is 7.34. The smallest absolute Gasteiger partial charge is 0.228 e. The van der Waals surface area contributed by atoms with E-state index >= 15 is 0 Å². The number of pyridine rings is 1. The molecule has 2 aromatic rings. The van der Waals surface area contributed by atoms with E-state index in [0.29, 0.717) is 31.1 Å². The van der Waals surface area contributed by atoms with Gasteiger partial charge in [0.15, 0.2) is 0 Å². The third-order valence-electron chi connectivity index (χ3n) is 3.49. The van der Waals surface area contributed by atoms with Crippen LogP contribution in [0.15, 0.2) is 42.6 Å². The molecular formula is C16H16FN3O2. The van der Waals surface area contributed by atoms with Crippen molar-refractivity contribution < 1.29 is 13.9 Å². The lowest BCUT2D eigenvalue weighted by atomic mass is 10.2. The molecule has 1 aromatic carbocycles. The average molecular weight is 301 g/mol. The summed E-state index contributed by atoms with van der Waals surface area (Å²) < 4.78 is 18.3. The van der Waals surface area contributed by atoms with Gasteiger partial charge in [-0.2, -0.15) is 0 Å². The molecule has 6 heteroatoms. The van der Waals surface area contributed by atoms with Crippen molar-refractivity contribution in [3.05, 3.63) is 54.0 Å². The van der Waals surface area contributed by atoms with Crippen LogP contribution in [0.3, 0.4) is 0 Å². The first-order valence-electron chi connectivity index (χ1n) is 7.01. The lowest BCUT2D eigenvalue weighted by molar-refractivity contribution is -0.117. The Balaban J connectivity index is 1.62.